The van der Waals surface area contributed by atoms with E-state index in [-0.39, 0.29) is 31.3 Å². The molecule has 1 saturated heterocycles. The molecule has 2 N–H and O–H groups in total. The van der Waals surface area contributed by atoms with Crippen LogP contribution in [0.1, 0.15) is 63.5 Å². The molecule has 2 fully saturated rings. The minimum Gasteiger partial charge on any atom is -0.355 e. The molecule has 2 aliphatic rings. The lowest BCUT2D eigenvalue weighted by Gasteiger charge is -2.30. The summed E-state index contributed by atoms with van der Waals surface area (Å²) >= 11 is 0. The molecule has 4 amide bonds. The zero-order valence-electron chi connectivity index (χ0n) is 17.8. The Labute approximate surface area is 179 Å². The predicted octanol–water partition coefficient (Wildman–Crippen LogP) is 3.74. The van der Waals surface area contributed by atoms with E-state index in [4.69, 9.17) is 0 Å². The van der Waals surface area contributed by atoms with Gasteiger partial charge in [0, 0.05) is 24.9 Å². The van der Waals surface area contributed by atoms with Crippen molar-refractivity contribution >= 4 is 17.8 Å². The Morgan fingerprint density at radius 3 is 2.42 bits per heavy atom. The highest BCUT2D eigenvalue weighted by molar-refractivity contribution is 6.07. The van der Waals surface area contributed by atoms with Gasteiger partial charge in [-0.25, -0.2) is 4.79 Å². The van der Waals surface area contributed by atoms with Gasteiger partial charge < -0.3 is 10.6 Å². The second-order valence-corrected chi connectivity index (χ2v) is 9.02. The lowest BCUT2D eigenvalue weighted by molar-refractivity contribution is -0.137. The minimum absolute atomic E-state index is 0.0256. The number of halogens is 3. The van der Waals surface area contributed by atoms with Crippen LogP contribution in [-0.4, -0.2) is 41.4 Å². The fourth-order valence-electron chi connectivity index (χ4n) is 4.21. The Kier molecular flexibility index (Phi) is 6.34. The number of hydrogen-bond acceptors (Lipinski definition) is 3. The van der Waals surface area contributed by atoms with E-state index in [9.17, 15) is 27.6 Å². The number of urea groups is 1. The average Bonchev–Trinajstić information content (AvgIpc) is 2.94. The first-order valence-electron chi connectivity index (χ1n) is 10.5. The molecule has 0 atom stereocenters. The van der Waals surface area contributed by atoms with Crippen molar-refractivity contribution in [3.63, 3.8) is 0 Å². The molecule has 0 bridgehead atoms. The molecule has 0 aromatic heterocycles. The van der Waals surface area contributed by atoms with Crippen LogP contribution in [0.25, 0.3) is 0 Å². The van der Waals surface area contributed by atoms with Gasteiger partial charge in [0.1, 0.15) is 5.54 Å². The van der Waals surface area contributed by atoms with Gasteiger partial charge in [0.15, 0.2) is 0 Å². The Bertz CT molecular complexity index is 861. The molecule has 0 radical (unpaired) electrons. The number of carbonyl (C=O) groups excluding carboxylic acids is 3. The molecule has 31 heavy (non-hydrogen) atoms. The van der Waals surface area contributed by atoms with Gasteiger partial charge in [-0.15, -0.1) is 0 Å². The van der Waals surface area contributed by atoms with Crippen molar-refractivity contribution in [1.29, 1.82) is 0 Å². The first-order valence-corrected chi connectivity index (χ1v) is 10.5. The lowest BCUT2D eigenvalue weighted by Crippen LogP contribution is -2.48. The molecule has 6 nitrogen and oxygen atoms in total. The maximum atomic E-state index is 13.0. The predicted molar refractivity (Wildman–Crippen MR) is 108 cm³/mol. The summed E-state index contributed by atoms with van der Waals surface area (Å²) < 4.78 is 38.9. The Balaban J connectivity index is 1.54. The highest BCUT2D eigenvalue weighted by Crippen LogP contribution is 2.34. The van der Waals surface area contributed by atoms with Crippen molar-refractivity contribution in [3.8, 4) is 0 Å². The average molecular weight is 439 g/mol. The summed E-state index contributed by atoms with van der Waals surface area (Å²) in [7, 11) is 0. The zero-order valence-corrected chi connectivity index (χ0v) is 17.8. The summed E-state index contributed by atoms with van der Waals surface area (Å²) in [6, 6.07) is 4.57. The van der Waals surface area contributed by atoms with Gasteiger partial charge in [0.05, 0.1) is 5.56 Å². The number of benzene rings is 1. The van der Waals surface area contributed by atoms with Crippen LogP contribution in [0, 0.1) is 0 Å². The van der Waals surface area contributed by atoms with Crippen molar-refractivity contribution < 1.29 is 27.6 Å². The summed E-state index contributed by atoms with van der Waals surface area (Å²) in [6.07, 6.45) is -0.469. The summed E-state index contributed by atoms with van der Waals surface area (Å²) in [6.45, 7) is 3.58. The molecule has 1 aromatic carbocycles. The molecule has 1 aliphatic heterocycles. The molecule has 1 aromatic rings. The van der Waals surface area contributed by atoms with Crippen molar-refractivity contribution in [1.82, 2.24) is 15.5 Å². The molecule has 0 unspecified atom stereocenters. The van der Waals surface area contributed by atoms with Gasteiger partial charge in [0.25, 0.3) is 5.91 Å². The Hall–Kier alpha value is -2.58. The number of alkyl halides is 3. The van der Waals surface area contributed by atoms with Crippen LogP contribution in [0.5, 0.6) is 0 Å². The number of rotatable bonds is 6. The van der Waals surface area contributed by atoms with Crippen LogP contribution in [-0.2, 0) is 21.2 Å². The van der Waals surface area contributed by atoms with Gasteiger partial charge >= 0.3 is 12.2 Å². The van der Waals surface area contributed by atoms with Gasteiger partial charge in [0.2, 0.25) is 5.91 Å². The van der Waals surface area contributed by atoms with Gasteiger partial charge in [-0.1, -0.05) is 51.3 Å². The largest absolute Gasteiger partial charge is 0.416 e. The standard InChI is InChI=1S/C22H28F3N3O3/c1-20(2,15-7-6-8-16(13-15)22(23,24)25)14-26-17(29)9-12-28-18(30)21(27-19(28)31)10-4-3-5-11-21/h6-8,13H,3-5,9-12,14H2,1-2H3,(H,26,29)(H,27,31). The van der Waals surface area contributed by atoms with E-state index in [0.717, 1.165) is 36.3 Å². The van der Waals surface area contributed by atoms with Gasteiger partial charge in [-0.2, -0.15) is 13.2 Å². The molecular formula is C22H28F3N3O3. The molecule has 1 heterocycles. The third-order valence-corrected chi connectivity index (χ3v) is 6.21. The summed E-state index contributed by atoms with van der Waals surface area (Å²) in [5.74, 6) is -0.639. The van der Waals surface area contributed by atoms with Crippen LogP contribution in [0.2, 0.25) is 0 Å². The number of nitrogens with zero attached hydrogens (tertiary/aromatic N) is 1. The van der Waals surface area contributed by atoms with E-state index < -0.39 is 28.7 Å². The SMILES string of the molecule is CC(C)(CNC(=O)CCN1C(=O)NC2(CCCCC2)C1=O)c1cccc(C(F)(F)F)c1. The molecule has 1 saturated carbocycles. The van der Waals surface area contributed by atoms with E-state index in [2.05, 4.69) is 10.6 Å². The van der Waals surface area contributed by atoms with E-state index in [1.807, 2.05) is 0 Å². The van der Waals surface area contributed by atoms with Crippen LogP contribution < -0.4 is 10.6 Å². The van der Waals surface area contributed by atoms with Crippen LogP contribution in [0.15, 0.2) is 24.3 Å². The highest BCUT2D eigenvalue weighted by atomic mass is 19.4. The summed E-state index contributed by atoms with van der Waals surface area (Å²) in [4.78, 5) is 38.4. The zero-order chi connectivity index (χ0) is 22.9. The molecule has 3 rings (SSSR count). The molecule has 170 valence electrons. The van der Waals surface area contributed by atoms with E-state index >= 15 is 0 Å². The summed E-state index contributed by atoms with van der Waals surface area (Å²) in [5.41, 5.74) is -1.84. The second-order valence-electron chi connectivity index (χ2n) is 9.02. The minimum atomic E-state index is -4.44. The van der Waals surface area contributed by atoms with Crippen molar-refractivity contribution in [2.75, 3.05) is 13.1 Å². The van der Waals surface area contributed by atoms with Crippen LogP contribution in [0.4, 0.5) is 18.0 Å². The highest BCUT2D eigenvalue weighted by Gasteiger charge is 2.51. The fraction of sp³-hybridized carbons (Fsp3) is 0.591. The topological polar surface area (TPSA) is 78.5 Å². The maximum absolute atomic E-state index is 13.0. The van der Waals surface area contributed by atoms with E-state index in [1.54, 1.807) is 19.9 Å². The number of imide groups is 1. The fourth-order valence-corrected chi connectivity index (χ4v) is 4.21. The first-order chi connectivity index (χ1) is 14.4. The van der Waals surface area contributed by atoms with Crippen LogP contribution in [0.3, 0.4) is 0 Å². The maximum Gasteiger partial charge on any atom is 0.416 e. The lowest BCUT2D eigenvalue weighted by atomic mass is 9.82. The normalized spacial score (nSPS) is 18.9. The molecule has 1 spiro atoms. The Morgan fingerprint density at radius 2 is 1.77 bits per heavy atom. The van der Waals surface area contributed by atoms with Gasteiger partial charge in [-0.05, 0) is 24.5 Å². The van der Waals surface area contributed by atoms with Crippen LogP contribution >= 0.6 is 0 Å². The third kappa shape index (κ3) is 5.02. The molecular weight excluding hydrogens is 411 g/mol. The quantitative estimate of drug-likeness (QED) is 0.663. The molecule has 9 heteroatoms. The molecule has 1 aliphatic carbocycles. The van der Waals surface area contributed by atoms with Crippen molar-refractivity contribution in [2.24, 2.45) is 0 Å². The third-order valence-electron chi connectivity index (χ3n) is 6.21. The van der Waals surface area contributed by atoms with Crippen molar-refractivity contribution in [2.45, 2.75) is 69.5 Å². The number of nitrogens with one attached hydrogen (secondary N) is 2. The number of amides is 4. The Morgan fingerprint density at radius 1 is 1.13 bits per heavy atom. The second kappa shape index (κ2) is 8.51. The summed E-state index contributed by atoms with van der Waals surface area (Å²) in [5, 5.41) is 5.52. The smallest absolute Gasteiger partial charge is 0.355 e. The van der Waals surface area contributed by atoms with E-state index in [0.29, 0.717) is 18.4 Å². The van der Waals surface area contributed by atoms with Gasteiger partial charge in [-0.3, -0.25) is 14.5 Å². The first kappa shape index (κ1) is 23.1. The number of hydrogen-bond donors (Lipinski definition) is 2. The van der Waals surface area contributed by atoms with Crippen molar-refractivity contribution in [3.05, 3.63) is 35.4 Å². The number of carbonyl (C=O) groups is 3. The monoisotopic (exact) mass is 439 g/mol. The van der Waals surface area contributed by atoms with E-state index in [1.165, 1.54) is 6.07 Å².